The van der Waals surface area contributed by atoms with Gasteiger partial charge in [0.05, 0.1) is 0 Å². The Balaban J connectivity index is 1.63. The number of nitrogens with one attached hydrogen (secondary N) is 1. The van der Waals surface area contributed by atoms with Crippen LogP contribution in [0.25, 0.3) is 0 Å². The Bertz CT molecular complexity index is 478. The second-order valence-corrected chi connectivity index (χ2v) is 6.32. The van der Waals surface area contributed by atoms with Gasteiger partial charge in [-0.25, -0.2) is 0 Å². The van der Waals surface area contributed by atoms with Crippen molar-refractivity contribution in [2.75, 3.05) is 27.2 Å². The minimum Gasteiger partial charge on any atom is -0.337 e. The number of nitrogens with zero attached hydrogens (tertiary/aromatic N) is 3. The summed E-state index contributed by atoms with van der Waals surface area (Å²) in [6.07, 6.45) is 5.76. The molecule has 0 unspecified atom stereocenters. The van der Waals surface area contributed by atoms with Crippen LogP contribution in [0.3, 0.4) is 0 Å². The molecule has 2 heterocycles. The predicted octanol–water partition coefficient (Wildman–Crippen LogP) is 1.84. The third kappa shape index (κ3) is 2.87. The molecule has 0 radical (unpaired) electrons. The molecule has 1 aromatic rings. The van der Waals surface area contributed by atoms with E-state index in [1.54, 1.807) is 0 Å². The molecule has 5 nitrogen and oxygen atoms in total. The van der Waals surface area contributed by atoms with Crippen molar-refractivity contribution in [1.29, 1.82) is 0 Å². The summed E-state index contributed by atoms with van der Waals surface area (Å²) in [4.78, 5) is 16.8. The maximum absolute atomic E-state index is 12.5. The number of hydrogen-bond acceptors (Lipinski definition) is 3. The van der Waals surface area contributed by atoms with E-state index >= 15 is 0 Å². The summed E-state index contributed by atoms with van der Waals surface area (Å²) in [5.74, 6) is 0.707. The molecule has 3 rings (SSSR count). The quantitative estimate of drug-likeness (QED) is 0.916. The van der Waals surface area contributed by atoms with Gasteiger partial charge < -0.3 is 9.80 Å². The molecule has 0 spiro atoms. The summed E-state index contributed by atoms with van der Waals surface area (Å²) in [6.45, 7) is 1.70. The molecule has 2 fully saturated rings. The first-order chi connectivity index (χ1) is 9.65. The van der Waals surface area contributed by atoms with Gasteiger partial charge in [0.15, 0.2) is 0 Å². The van der Waals surface area contributed by atoms with Crippen molar-refractivity contribution >= 4 is 5.91 Å². The summed E-state index contributed by atoms with van der Waals surface area (Å²) in [5, 5.41) is 7.24. The maximum atomic E-state index is 12.5. The largest absolute Gasteiger partial charge is 0.337 e. The van der Waals surface area contributed by atoms with E-state index in [1.807, 2.05) is 11.0 Å². The lowest BCUT2D eigenvalue weighted by molar-refractivity contribution is 0.0752. The molecular weight excluding hydrogens is 252 g/mol. The third-order valence-electron chi connectivity index (χ3n) is 4.55. The summed E-state index contributed by atoms with van der Waals surface area (Å²) in [6, 6.07) is 2.54. The highest BCUT2D eigenvalue weighted by atomic mass is 16.2. The number of amides is 1. The zero-order valence-corrected chi connectivity index (χ0v) is 12.4. The van der Waals surface area contributed by atoms with Gasteiger partial charge >= 0.3 is 0 Å². The Kier molecular flexibility index (Phi) is 3.78. The molecule has 0 bridgehead atoms. The van der Waals surface area contributed by atoms with Crippen LogP contribution in [-0.2, 0) is 0 Å². The smallest absolute Gasteiger partial charge is 0.274 e. The molecule has 1 aliphatic carbocycles. The topological polar surface area (TPSA) is 52.2 Å². The van der Waals surface area contributed by atoms with Gasteiger partial charge in [0, 0.05) is 30.7 Å². The molecule has 1 atom stereocenters. The van der Waals surface area contributed by atoms with Crippen molar-refractivity contribution < 1.29 is 4.79 Å². The van der Waals surface area contributed by atoms with Gasteiger partial charge in [-0.2, -0.15) is 5.10 Å². The van der Waals surface area contributed by atoms with Crippen molar-refractivity contribution in [3.63, 3.8) is 0 Å². The maximum Gasteiger partial charge on any atom is 0.274 e. The van der Waals surface area contributed by atoms with Crippen molar-refractivity contribution in [1.82, 2.24) is 20.0 Å². The lowest BCUT2D eigenvalue weighted by Crippen LogP contribution is -2.34. The number of likely N-dealkylation sites (tertiary alicyclic amines) is 1. The van der Waals surface area contributed by atoms with Gasteiger partial charge in [-0.15, -0.1) is 0 Å². The molecule has 1 saturated carbocycles. The van der Waals surface area contributed by atoms with Gasteiger partial charge in [0.2, 0.25) is 0 Å². The van der Waals surface area contributed by atoms with Gasteiger partial charge in [0.25, 0.3) is 5.91 Å². The lowest BCUT2D eigenvalue weighted by atomic mass is 10.1. The zero-order chi connectivity index (χ0) is 14.1. The van der Waals surface area contributed by atoms with Crippen LogP contribution in [0.4, 0.5) is 0 Å². The van der Waals surface area contributed by atoms with E-state index in [4.69, 9.17) is 0 Å². The van der Waals surface area contributed by atoms with Crippen LogP contribution in [0.1, 0.15) is 54.2 Å². The first kappa shape index (κ1) is 13.6. The zero-order valence-electron chi connectivity index (χ0n) is 12.4. The van der Waals surface area contributed by atoms with E-state index in [2.05, 4.69) is 29.2 Å². The van der Waals surface area contributed by atoms with Crippen molar-refractivity contribution in [2.45, 2.75) is 44.1 Å². The van der Waals surface area contributed by atoms with Crippen LogP contribution in [-0.4, -0.2) is 59.1 Å². The van der Waals surface area contributed by atoms with Gasteiger partial charge in [-0.1, -0.05) is 0 Å². The molecule has 1 aliphatic heterocycles. The molecule has 1 aromatic heterocycles. The van der Waals surface area contributed by atoms with Crippen molar-refractivity contribution in [3.05, 3.63) is 17.5 Å². The molecule has 20 heavy (non-hydrogen) atoms. The fourth-order valence-corrected chi connectivity index (χ4v) is 3.01. The lowest BCUT2D eigenvalue weighted by Gasteiger charge is -2.23. The number of H-pyrrole nitrogens is 1. The summed E-state index contributed by atoms with van der Waals surface area (Å²) < 4.78 is 0. The number of carbonyl (C=O) groups excluding carboxylic acids is 1. The highest BCUT2D eigenvalue weighted by molar-refractivity contribution is 5.92. The Labute approximate surface area is 120 Å². The average molecular weight is 276 g/mol. The number of carbonyl (C=O) groups is 1. The van der Waals surface area contributed by atoms with E-state index in [0.29, 0.717) is 17.7 Å². The average Bonchev–Trinajstić information content (AvgIpc) is 3.21. The van der Waals surface area contributed by atoms with Crippen LogP contribution >= 0.6 is 0 Å². The van der Waals surface area contributed by atoms with Crippen LogP contribution in [0.5, 0.6) is 0 Å². The molecule has 0 aromatic carbocycles. The predicted molar refractivity (Wildman–Crippen MR) is 77.8 cm³/mol. The monoisotopic (exact) mass is 276 g/mol. The van der Waals surface area contributed by atoms with Crippen molar-refractivity contribution in [2.24, 2.45) is 0 Å². The minimum absolute atomic E-state index is 0.0903. The minimum atomic E-state index is 0.0903. The van der Waals surface area contributed by atoms with E-state index in [1.165, 1.54) is 19.3 Å². The Hall–Kier alpha value is -1.36. The van der Waals surface area contributed by atoms with Gasteiger partial charge in [-0.05, 0) is 52.3 Å². The van der Waals surface area contributed by atoms with Gasteiger partial charge in [-0.3, -0.25) is 9.89 Å². The van der Waals surface area contributed by atoms with Crippen LogP contribution in [0, 0.1) is 0 Å². The SMILES string of the molecule is CN(C)[C@H]1CCCN(C(=O)c2cc(C3CC3)[nH]n2)CC1. The van der Waals surface area contributed by atoms with Crippen LogP contribution in [0.2, 0.25) is 0 Å². The number of hydrogen-bond donors (Lipinski definition) is 1. The summed E-state index contributed by atoms with van der Waals surface area (Å²) in [5.41, 5.74) is 1.73. The molecule has 110 valence electrons. The second kappa shape index (κ2) is 5.56. The van der Waals surface area contributed by atoms with E-state index in [0.717, 1.165) is 31.6 Å². The first-order valence-corrected chi connectivity index (χ1v) is 7.66. The first-order valence-electron chi connectivity index (χ1n) is 7.66. The normalized spacial score (nSPS) is 23.9. The Morgan fingerprint density at radius 2 is 2.10 bits per heavy atom. The molecule has 1 N–H and O–H groups in total. The Morgan fingerprint density at radius 1 is 1.30 bits per heavy atom. The highest BCUT2D eigenvalue weighted by Crippen LogP contribution is 2.39. The second-order valence-electron chi connectivity index (χ2n) is 6.32. The molecule has 1 amide bonds. The van der Waals surface area contributed by atoms with E-state index < -0.39 is 0 Å². The number of aromatic amines is 1. The molecule has 5 heteroatoms. The van der Waals surface area contributed by atoms with E-state index in [-0.39, 0.29) is 5.91 Å². The number of aromatic nitrogens is 2. The number of rotatable bonds is 3. The fourth-order valence-electron chi connectivity index (χ4n) is 3.01. The van der Waals surface area contributed by atoms with E-state index in [9.17, 15) is 4.79 Å². The fraction of sp³-hybridized carbons (Fsp3) is 0.733. The summed E-state index contributed by atoms with van der Waals surface area (Å²) in [7, 11) is 4.25. The molecule has 2 aliphatic rings. The molecule has 1 saturated heterocycles. The summed E-state index contributed by atoms with van der Waals surface area (Å²) >= 11 is 0. The highest BCUT2D eigenvalue weighted by Gasteiger charge is 2.28. The molecular formula is C15H24N4O. The van der Waals surface area contributed by atoms with Crippen LogP contribution < -0.4 is 0 Å². The Morgan fingerprint density at radius 3 is 2.80 bits per heavy atom. The third-order valence-corrected chi connectivity index (χ3v) is 4.55. The standard InChI is InChI=1S/C15H24N4O/c1-18(2)12-4-3-8-19(9-7-12)15(20)14-10-13(16-17-14)11-5-6-11/h10-12H,3-9H2,1-2H3,(H,16,17)/t12-/m0/s1. The van der Waals surface area contributed by atoms with Gasteiger partial charge in [0.1, 0.15) is 5.69 Å². The van der Waals surface area contributed by atoms with Crippen LogP contribution in [0.15, 0.2) is 6.07 Å². The van der Waals surface area contributed by atoms with Crippen molar-refractivity contribution in [3.8, 4) is 0 Å².